The van der Waals surface area contributed by atoms with Gasteiger partial charge < -0.3 is 5.32 Å². The molecule has 2 heterocycles. The van der Waals surface area contributed by atoms with E-state index in [4.69, 9.17) is 0 Å². The van der Waals surface area contributed by atoms with Gasteiger partial charge in [0.25, 0.3) is 0 Å². The number of hydrogen-bond donors (Lipinski definition) is 1. The predicted octanol–water partition coefficient (Wildman–Crippen LogP) is 3.26. The number of nitrogens with zero attached hydrogens (tertiary/aromatic N) is 4. The van der Waals surface area contributed by atoms with E-state index in [0.29, 0.717) is 0 Å². The molecule has 21 heavy (non-hydrogen) atoms. The maximum absolute atomic E-state index is 3.92. The molecule has 0 unspecified atom stereocenters. The van der Waals surface area contributed by atoms with E-state index in [0.717, 1.165) is 23.5 Å². The van der Waals surface area contributed by atoms with E-state index >= 15 is 0 Å². The Morgan fingerprint density at radius 3 is 2.67 bits per heavy atom. The maximum Gasteiger partial charge on any atom is 0.143 e. The van der Waals surface area contributed by atoms with Crippen LogP contribution in [0.4, 0.5) is 5.69 Å². The van der Waals surface area contributed by atoms with E-state index in [1.165, 1.54) is 15.3 Å². The molecule has 3 rings (SSSR count). The molecule has 2 aromatic heterocycles. The van der Waals surface area contributed by atoms with E-state index in [2.05, 4.69) is 59.8 Å². The molecule has 0 spiro atoms. The fourth-order valence-corrected chi connectivity index (χ4v) is 3.30. The van der Waals surface area contributed by atoms with Gasteiger partial charge in [-0.1, -0.05) is 0 Å². The van der Waals surface area contributed by atoms with Gasteiger partial charge >= 0.3 is 0 Å². The minimum Gasteiger partial charge on any atom is -0.381 e. The van der Waals surface area contributed by atoms with Crippen molar-refractivity contribution in [2.45, 2.75) is 27.3 Å². The Morgan fingerprint density at radius 1 is 1.19 bits per heavy atom. The molecule has 0 saturated heterocycles. The monoisotopic (exact) mass is 299 g/mol. The van der Waals surface area contributed by atoms with Crippen LogP contribution in [0.2, 0.25) is 0 Å². The molecule has 0 fully saturated rings. The van der Waals surface area contributed by atoms with Crippen molar-refractivity contribution in [2.75, 3.05) is 5.32 Å². The minimum absolute atomic E-state index is 0.847. The highest BCUT2D eigenvalue weighted by atomic mass is 32.1. The molecule has 0 aliphatic heterocycles. The van der Waals surface area contributed by atoms with Crippen LogP contribution in [0.3, 0.4) is 0 Å². The lowest BCUT2D eigenvalue weighted by molar-refractivity contribution is 0.785. The van der Waals surface area contributed by atoms with E-state index in [9.17, 15) is 0 Å². The van der Waals surface area contributed by atoms with Gasteiger partial charge in [-0.15, -0.1) is 16.4 Å². The number of hydrogen-bond acceptors (Lipinski definition) is 5. The summed E-state index contributed by atoms with van der Waals surface area (Å²) in [5.74, 6) is 0. The van der Waals surface area contributed by atoms with Crippen molar-refractivity contribution in [3.63, 3.8) is 0 Å². The lowest BCUT2D eigenvalue weighted by Crippen LogP contribution is -2.02. The molecule has 108 valence electrons. The summed E-state index contributed by atoms with van der Waals surface area (Å²) in [7, 11) is 0. The third-order valence-corrected chi connectivity index (χ3v) is 4.43. The number of tetrazole rings is 1. The van der Waals surface area contributed by atoms with Crippen LogP contribution in [0.25, 0.3) is 5.69 Å². The topological polar surface area (TPSA) is 55.6 Å². The Labute approximate surface area is 127 Å². The summed E-state index contributed by atoms with van der Waals surface area (Å²) in [5, 5.41) is 14.7. The van der Waals surface area contributed by atoms with Gasteiger partial charge in [-0.25, -0.2) is 4.68 Å². The molecule has 0 bridgehead atoms. The van der Waals surface area contributed by atoms with Crippen LogP contribution in [0, 0.1) is 20.8 Å². The third-order valence-electron chi connectivity index (χ3n) is 3.42. The van der Waals surface area contributed by atoms with Crippen LogP contribution in [-0.4, -0.2) is 20.2 Å². The fraction of sp³-hybridized carbons (Fsp3) is 0.267. The third kappa shape index (κ3) is 2.95. The van der Waals surface area contributed by atoms with Gasteiger partial charge in [-0.3, -0.25) is 0 Å². The Hall–Kier alpha value is -2.21. The molecule has 0 saturated carbocycles. The highest BCUT2D eigenvalue weighted by molar-refractivity contribution is 7.12. The second-order valence-corrected chi connectivity index (χ2v) is 6.51. The number of aryl methyl sites for hydroxylation is 3. The van der Waals surface area contributed by atoms with Crippen molar-refractivity contribution in [2.24, 2.45) is 0 Å². The maximum atomic E-state index is 3.92. The van der Waals surface area contributed by atoms with Crippen molar-refractivity contribution in [1.29, 1.82) is 0 Å². The van der Waals surface area contributed by atoms with Gasteiger partial charge in [0.15, 0.2) is 0 Å². The predicted molar refractivity (Wildman–Crippen MR) is 85.0 cm³/mol. The van der Waals surface area contributed by atoms with E-state index in [1.807, 2.05) is 17.4 Å². The fourth-order valence-electron chi connectivity index (χ4n) is 2.35. The standard InChI is InChI=1S/C15H17N5S/c1-10-6-14(4-5-15(10)20-9-17-18-19-20)16-8-13-7-11(2)21-12(13)3/h4-7,9,16H,8H2,1-3H3. The number of rotatable bonds is 4. The van der Waals surface area contributed by atoms with Crippen molar-refractivity contribution in [3.8, 4) is 5.69 Å². The number of nitrogens with one attached hydrogen (secondary N) is 1. The molecule has 0 amide bonds. The van der Waals surface area contributed by atoms with E-state index in [-0.39, 0.29) is 0 Å². The van der Waals surface area contributed by atoms with Crippen molar-refractivity contribution in [1.82, 2.24) is 20.2 Å². The van der Waals surface area contributed by atoms with Gasteiger partial charge in [-0.2, -0.15) is 0 Å². The molecule has 0 aliphatic carbocycles. The van der Waals surface area contributed by atoms with Crippen LogP contribution in [0.1, 0.15) is 20.9 Å². The molecule has 1 aromatic carbocycles. The molecule has 0 radical (unpaired) electrons. The number of benzene rings is 1. The first-order valence-electron chi connectivity index (χ1n) is 6.77. The molecule has 0 aliphatic rings. The SMILES string of the molecule is Cc1cc(CNc2ccc(-n3cnnn3)c(C)c2)c(C)s1. The number of thiophene rings is 1. The van der Waals surface area contributed by atoms with Crippen molar-refractivity contribution < 1.29 is 0 Å². The zero-order valence-electron chi connectivity index (χ0n) is 12.3. The quantitative estimate of drug-likeness (QED) is 0.803. The molecule has 6 heteroatoms. The van der Waals surface area contributed by atoms with Crippen LogP contribution in [0.15, 0.2) is 30.6 Å². The molecule has 3 aromatic rings. The summed E-state index contributed by atoms with van der Waals surface area (Å²) >= 11 is 1.84. The molecule has 1 N–H and O–H groups in total. The van der Waals surface area contributed by atoms with Gasteiger partial charge in [0.1, 0.15) is 6.33 Å². The average Bonchev–Trinajstić information content (AvgIpc) is 3.06. The largest absolute Gasteiger partial charge is 0.381 e. The molecular weight excluding hydrogens is 282 g/mol. The average molecular weight is 299 g/mol. The highest BCUT2D eigenvalue weighted by Crippen LogP contribution is 2.23. The Kier molecular flexibility index (Phi) is 3.70. The highest BCUT2D eigenvalue weighted by Gasteiger charge is 2.05. The van der Waals surface area contributed by atoms with Crippen molar-refractivity contribution in [3.05, 3.63) is 51.5 Å². The van der Waals surface area contributed by atoms with Crippen LogP contribution in [-0.2, 0) is 6.54 Å². The first kappa shape index (κ1) is 13.8. The lowest BCUT2D eigenvalue weighted by Gasteiger charge is -2.10. The molecule has 0 atom stereocenters. The summed E-state index contributed by atoms with van der Waals surface area (Å²) in [4.78, 5) is 2.73. The van der Waals surface area contributed by atoms with E-state index in [1.54, 1.807) is 11.0 Å². The van der Waals surface area contributed by atoms with Crippen LogP contribution >= 0.6 is 11.3 Å². The van der Waals surface area contributed by atoms with Crippen LogP contribution in [0.5, 0.6) is 0 Å². The number of anilines is 1. The van der Waals surface area contributed by atoms with Crippen molar-refractivity contribution >= 4 is 17.0 Å². The van der Waals surface area contributed by atoms with Gasteiger partial charge in [0.2, 0.25) is 0 Å². The van der Waals surface area contributed by atoms with E-state index < -0.39 is 0 Å². The van der Waals surface area contributed by atoms with Gasteiger partial charge in [0, 0.05) is 22.0 Å². The Balaban J connectivity index is 1.75. The second kappa shape index (κ2) is 5.65. The summed E-state index contributed by atoms with van der Waals surface area (Å²) in [6, 6.07) is 8.44. The molecule has 5 nitrogen and oxygen atoms in total. The minimum atomic E-state index is 0.847. The summed E-state index contributed by atoms with van der Waals surface area (Å²) in [5.41, 5.74) is 4.59. The second-order valence-electron chi connectivity index (χ2n) is 5.05. The smallest absolute Gasteiger partial charge is 0.143 e. The summed E-state index contributed by atoms with van der Waals surface area (Å²) < 4.78 is 1.67. The summed E-state index contributed by atoms with van der Waals surface area (Å²) in [6.07, 6.45) is 1.60. The normalized spacial score (nSPS) is 10.8. The summed E-state index contributed by atoms with van der Waals surface area (Å²) in [6.45, 7) is 7.22. The zero-order chi connectivity index (χ0) is 14.8. The molecular formula is C15H17N5S. The van der Waals surface area contributed by atoms with Crippen LogP contribution < -0.4 is 5.32 Å². The Morgan fingerprint density at radius 2 is 2.05 bits per heavy atom. The first-order valence-corrected chi connectivity index (χ1v) is 7.59. The first-order chi connectivity index (χ1) is 10.1. The number of aromatic nitrogens is 4. The van der Waals surface area contributed by atoms with Gasteiger partial charge in [-0.05, 0) is 66.6 Å². The lowest BCUT2D eigenvalue weighted by atomic mass is 10.1. The van der Waals surface area contributed by atoms with Gasteiger partial charge in [0.05, 0.1) is 5.69 Å². The Bertz CT molecular complexity index is 746. The zero-order valence-corrected chi connectivity index (χ0v) is 13.1.